The molecule has 0 fully saturated rings. The molecule has 1 atom stereocenters. The van der Waals surface area contributed by atoms with E-state index in [-0.39, 0.29) is 6.04 Å². The van der Waals surface area contributed by atoms with Crippen molar-refractivity contribution in [2.75, 3.05) is 6.61 Å². The number of unbranched alkanes of at least 4 members (excludes halogenated alkanes) is 4. The van der Waals surface area contributed by atoms with E-state index in [1.807, 2.05) is 0 Å². The summed E-state index contributed by atoms with van der Waals surface area (Å²) in [4.78, 5) is 0. The maximum absolute atomic E-state index is 5.71. The first-order valence-electron chi connectivity index (χ1n) is 7.57. The Balaban J connectivity index is 1.86. The average Bonchev–Trinajstić information content (AvgIpc) is 2.90. The highest BCUT2D eigenvalue weighted by atomic mass is 16.5. The quantitative estimate of drug-likeness (QED) is 0.428. The number of benzene rings is 1. The number of ether oxygens (including phenoxy) is 1. The smallest absolute Gasteiger partial charge is 0.122 e. The zero-order valence-electron chi connectivity index (χ0n) is 12.0. The lowest BCUT2D eigenvalue weighted by molar-refractivity contribution is 0.356. The van der Waals surface area contributed by atoms with Gasteiger partial charge in [0.1, 0.15) is 5.75 Å². The van der Waals surface area contributed by atoms with Gasteiger partial charge in [-0.3, -0.25) is 11.3 Å². The van der Waals surface area contributed by atoms with E-state index in [9.17, 15) is 0 Å². The maximum Gasteiger partial charge on any atom is 0.122 e. The Morgan fingerprint density at radius 3 is 2.89 bits per heavy atom. The van der Waals surface area contributed by atoms with E-state index >= 15 is 0 Å². The lowest BCUT2D eigenvalue weighted by atomic mass is 9.98. The molecule has 1 aromatic carbocycles. The molecule has 1 aliphatic heterocycles. The van der Waals surface area contributed by atoms with Crippen LogP contribution in [-0.4, -0.2) is 6.61 Å². The molecule has 0 saturated carbocycles. The number of rotatable bonds is 8. The second-order valence-corrected chi connectivity index (χ2v) is 5.39. The van der Waals surface area contributed by atoms with Crippen LogP contribution in [0.2, 0.25) is 0 Å². The Kier molecular flexibility index (Phi) is 5.67. The fourth-order valence-corrected chi connectivity index (χ4v) is 2.72. The molecule has 3 nitrogen and oxygen atoms in total. The van der Waals surface area contributed by atoms with Crippen molar-refractivity contribution < 1.29 is 4.74 Å². The van der Waals surface area contributed by atoms with Gasteiger partial charge in [-0.05, 0) is 23.6 Å². The molecule has 2 rings (SSSR count). The second kappa shape index (κ2) is 7.51. The normalized spacial score (nSPS) is 15.1. The van der Waals surface area contributed by atoms with Gasteiger partial charge in [0.05, 0.1) is 6.61 Å². The Morgan fingerprint density at radius 2 is 2.11 bits per heavy atom. The molecule has 1 aromatic rings. The van der Waals surface area contributed by atoms with E-state index in [2.05, 4.69) is 30.5 Å². The Labute approximate surface area is 116 Å². The maximum atomic E-state index is 5.71. The van der Waals surface area contributed by atoms with Crippen molar-refractivity contribution in [2.45, 2.75) is 57.9 Å². The van der Waals surface area contributed by atoms with E-state index in [1.165, 1.54) is 43.2 Å². The number of nitrogens with two attached hydrogens (primary N) is 1. The van der Waals surface area contributed by atoms with Crippen LogP contribution in [0.25, 0.3) is 0 Å². The molecule has 3 heteroatoms. The molecule has 0 aromatic heterocycles. The van der Waals surface area contributed by atoms with Gasteiger partial charge >= 0.3 is 0 Å². The Morgan fingerprint density at radius 1 is 1.26 bits per heavy atom. The highest BCUT2D eigenvalue weighted by molar-refractivity contribution is 5.40. The van der Waals surface area contributed by atoms with Gasteiger partial charge in [-0.1, -0.05) is 51.2 Å². The largest absolute Gasteiger partial charge is 0.493 e. The SMILES string of the molecule is CCCCCCCC(NN)c1ccc2c(c1)CCO2. The molecule has 0 amide bonds. The lowest BCUT2D eigenvalue weighted by Crippen LogP contribution is -2.28. The zero-order valence-corrected chi connectivity index (χ0v) is 12.0. The summed E-state index contributed by atoms with van der Waals surface area (Å²) in [6.45, 7) is 3.06. The summed E-state index contributed by atoms with van der Waals surface area (Å²) in [6, 6.07) is 6.74. The number of hydrazine groups is 1. The minimum atomic E-state index is 0.271. The Hall–Kier alpha value is -1.06. The molecule has 19 heavy (non-hydrogen) atoms. The van der Waals surface area contributed by atoms with Crippen molar-refractivity contribution >= 4 is 0 Å². The van der Waals surface area contributed by atoms with Crippen LogP contribution in [0, 0.1) is 0 Å². The van der Waals surface area contributed by atoms with Crippen LogP contribution in [0.1, 0.15) is 62.6 Å². The molecule has 0 saturated heterocycles. The first-order valence-corrected chi connectivity index (χ1v) is 7.57. The van der Waals surface area contributed by atoms with Gasteiger partial charge in [0, 0.05) is 12.5 Å². The van der Waals surface area contributed by atoms with Gasteiger partial charge in [0.2, 0.25) is 0 Å². The summed E-state index contributed by atoms with van der Waals surface area (Å²) in [6.07, 6.45) is 8.66. The molecular weight excluding hydrogens is 236 g/mol. The summed E-state index contributed by atoms with van der Waals surface area (Å²) in [7, 11) is 0. The number of hydrogen-bond donors (Lipinski definition) is 2. The lowest BCUT2D eigenvalue weighted by Gasteiger charge is -2.17. The fraction of sp³-hybridized carbons (Fsp3) is 0.625. The number of hydrogen-bond acceptors (Lipinski definition) is 3. The standard InChI is InChI=1S/C16H26N2O/c1-2-3-4-5-6-7-15(18-17)13-8-9-16-14(12-13)10-11-19-16/h8-9,12,15,18H,2-7,10-11,17H2,1H3. The van der Waals surface area contributed by atoms with Crippen LogP contribution in [0.3, 0.4) is 0 Å². The van der Waals surface area contributed by atoms with Crippen molar-refractivity contribution in [3.63, 3.8) is 0 Å². The van der Waals surface area contributed by atoms with Crippen LogP contribution in [0.5, 0.6) is 5.75 Å². The van der Waals surface area contributed by atoms with Gasteiger partial charge in [0.25, 0.3) is 0 Å². The number of nitrogens with one attached hydrogen (secondary N) is 1. The van der Waals surface area contributed by atoms with Crippen molar-refractivity contribution in [2.24, 2.45) is 5.84 Å². The summed E-state index contributed by atoms with van der Waals surface area (Å²) >= 11 is 0. The van der Waals surface area contributed by atoms with Crippen LogP contribution in [0.4, 0.5) is 0 Å². The monoisotopic (exact) mass is 262 g/mol. The first-order chi connectivity index (χ1) is 9.35. The van der Waals surface area contributed by atoms with Crippen molar-refractivity contribution in [1.29, 1.82) is 0 Å². The minimum Gasteiger partial charge on any atom is -0.493 e. The van der Waals surface area contributed by atoms with Crippen LogP contribution in [-0.2, 0) is 6.42 Å². The van der Waals surface area contributed by atoms with E-state index in [4.69, 9.17) is 10.6 Å². The third-order valence-electron chi connectivity index (χ3n) is 3.91. The van der Waals surface area contributed by atoms with Crippen LogP contribution < -0.4 is 16.0 Å². The highest BCUT2D eigenvalue weighted by Gasteiger charge is 2.15. The predicted molar refractivity (Wildman–Crippen MR) is 79.1 cm³/mol. The zero-order chi connectivity index (χ0) is 13.5. The molecule has 0 radical (unpaired) electrons. The van der Waals surface area contributed by atoms with Gasteiger partial charge < -0.3 is 4.74 Å². The fourth-order valence-electron chi connectivity index (χ4n) is 2.72. The molecule has 0 bridgehead atoms. The van der Waals surface area contributed by atoms with Gasteiger partial charge in [-0.15, -0.1) is 0 Å². The van der Waals surface area contributed by atoms with Crippen LogP contribution in [0.15, 0.2) is 18.2 Å². The molecular formula is C16H26N2O. The summed E-state index contributed by atoms with van der Waals surface area (Å²) in [5, 5.41) is 0. The molecule has 0 aliphatic carbocycles. The second-order valence-electron chi connectivity index (χ2n) is 5.39. The van der Waals surface area contributed by atoms with E-state index in [0.29, 0.717) is 0 Å². The minimum absolute atomic E-state index is 0.271. The third kappa shape index (κ3) is 3.95. The van der Waals surface area contributed by atoms with Crippen molar-refractivity contribution in [1.82, 2.24) is 5.43 Å². The summed E-state index contributed by atoms with van der Waals surface area (Å²) in [5.74, 6) is 6.75. The third-order valence-corrected chi connectivity index (χ3v) is 3.91. The van der Waals surface area contributed by atoms with E-state index in [1.54, 1.807) is 0 Å². The summed E-state index contributed by atoms with van der Waals surface area (Å²) in [5.41, 5.74) is 5.58. The summed E-state index contributed by atoms with van der Waals surface area (Å²) < 4.78 is 5.54. The molecule has 1 heterocycles. The van der Waals surface area contributed by atoms with Crippen LogP contribution >= 0.6 is 0 Å². The molecule has 3 N–H and O–H groups in total. The topological polar surface area (TPSA) is 47.3 Å². The molecule has 1 aliphatic rings. The predicted octanol–water partition coefficient (Wildman–Crippen LogP) is 3.49. The van der Waals surface area contributed by atoms with Gasteiger partial charge in [-0.25, -0.2) is 0 Å². The van der Waals surface area contributed by atoms with Gasteiger partial charge in [-0.2, -0.15) is 0 Å². The highest BCUT2D eigenvalue weighted by Crippen LogP contribution is 2.29. The Bertz CT molecular complexity index is 392. The van der Waals surface area contributed by atoms with Crippen molar-refractivity contribution in [3.05, 3.63) is 29.3 Å². The van der Waals surface area contributed by atoms with E-state index < -0.39 is 0 Å². The molecule has 0 spiro atoms. The first kappa shape index (κ1) is 14.4. The molecule has 106 valence electrons. The molecule has 1 unspecified atom stereocenters. The number of fused-ring (bicyclic) bond motifs is 1. The van der Waals surface area contributed by atoms with Gasteiger partial charge in [0.15, 0.2) is 0 Å². The van der Waals surface area contributed by atoms with E-state index in [0.717, 1.165) is 25.2 Å². The average molecular weight is 262 g/mol. The van der Waals surface area contributed by atoms with Crippen molar-refractivity contribution in [3.8, 4) is 5.75 Å².